The molecule has 0 N–H and O–H groups in total. The summed E-state index contributed by atoms with van der Waals surface area (Å²) in [5.74, 6) is 0. The second-order valence-corrected chi connectivity index (χ2v) is 13.3. The lowest BCUT2D eigenvalue weighted by atomic mass is 9.75. The zero-order chi connectivity index (χ0) is 31.3. The molecule has 0 fully saturated rings. The van der Waals surface area contributed by atoms with Crippen LogP contribution in [0.4, 0.5) is 11.4 Å². The van der Waals surface area contributed by atoms with E-state index < -0.39 is 0 Å². The second kappa shape index (κ2) is 9.60. The van der Waals surface area contributed by atoms with Crippen molar-refractivity contribution in [2.24, 2.45) is 0 Å². The zero-order valence-corrected chi connectivity index (χ0v) is 26.4. The van der Waals surface area contributed by atoms with E-state index >= 15 is 0 Å². The molecule has 3 nitrogen and oxygen atoms in total. The van der Waals surface area contributed by atoms with Gasteiger partial charge in [0.2, 0.25) is 0 Å². The number of hydrogen-bond acceptors (Lipinski definition) is 1. The number of benzene rings is 6. The molecule has 224 valence electrons. The first kappa shape index (κ1) is 26.4. The van der Waals surface area contributed by atoms with Gasteiger partial charge in [0.1, 0.15) is 0 Å². The van der Waals surface area contributed by atoms with Crippen molar-refractivity contribution in [1.29, 1.82) is 0 Å². The quantitative estimate of drug-likeness (QED) is 0.196. The fourth-order valence-electron chi connectivity index (χ4n) is 8.49. The molecule has 8 aromatic rings. The molecule has 6 aromatic carbocycles. The van der Waals surface area contributed by atoms with Gasteiger partial charge in [-0.3, -0.25) is 0 Å². The van der Waals surface area contributed by atoms with Gasteiger partial charge in [0.25, 0.3) is 0 Å². The Morgan fingerprint density at radius 2 is 1.09 bits per heavy atom. The van der Waals surface area contributed by atoms with Gasteiger partial charge in [-0.25, -0.2) is 0 Å². The van der Waals surface area contributed by atoms with Gasteiger partial charge < -0.3 is 14.0 Å². The van der Waals surface area contributed by atoms with Gasteiger partial charge in [0, 0.05) is 49.7 Å². The minimum Gasteiger partial charge on any atom is -0.333 e. The van der Waals surface area contributed by atoms with Crippen molar-refractivity contribution in [2.45, 2.75) is 25.3 Å². The van der Waals surface area contributed by atoms with Crippen LogP contribution in [0.1, 0.15) is 18.1 Å². The summed E-state index contributed by atoms with van der Waals surface area (Å²) < 4.78 is 4.89. The van der Waals surface area contributed by atoms with Crippen molar-refractivity contribution in [3.63, 3.8) is 0 Å². The summed E-state index contributed by atoms with van der Waals surface area (Å²) >= 11 is 0. The Morgan fingerprint density at radius 3 is 1.66 bits per heavy atom. The van der Waals surface area contributed by atoms with Crippen LogP contribution in [0.25, 0.3) is 55.0 Å². The third kappa shape index (κ3) is 3.63. The van der Waals surface area contributed by atoms with Crippen LogP contribution < -0.4 is 4.90 Å². The Hall–Kier alpha value is -5.80. The van der Waals surface area contributed by atoms with Crippen molar-refractivity contribution in [3.8, 4) is 5.69 Å². The predicted molar refractivity (Wildman–Crippen MR) is 198 cm³/mol. The van der Waals surface area contributed by atoms with Crippen molar-refractivity contribution in [1.82, 2.24) is 9.13 Å². The number of aryl methyl sites for hydroxylation is 1. The first-order valence-electron chi connectivity index (χ1n) is 16.5. The maximum absolute atomic E-state index is 2.55. The number of aromatic nitrogens is 2. The summed E-state index contributed by atoms with van der Waals surface area (Å²) in [6.45, 7) is 4.61. The summed E-state index contributed by atoms with van der Waals surface area (Å²) in [5.41, 5.74) is 12.1. The molecule has 2 aliphatic rings. The first-order chi connectivity index (χ1) is 23.1. The maximum Gasteiger partial charge on any atom is 0.0656 e. The number of anilines is 2. The van der Waals surface area contributed by atoms with Crippen molar-refractivity contribution in [2.75, 3.05) is 4.90 Å². The monoisotopic (exact) mass is 603 g/mol. The van der Waals surface area contributed by atoms with E-state index in [1.165, 1.54) is 77.5 Å². The van der Waals surface area contributed by atoms with Crippen molar-refractivity contribution >= 4 is 60.7 Å². The van der Waals surface area contributed by atoms with E-state index in [4.69, 9.17) is 0 Å². The lowest BCUT2D eigenvalue weighted by Gasteiger charge is -2.36. The van der Waals surface area contributed by atoms with Crippen LogP contribution >= 0.6 is 0 Å². The van der Waals surface area contributed by atoms with Crippen LogP contribution in [-0.4, -0.2) is 15.2 Å². The van der Waals surface area contributed by atoms with Gasteiger partial charge in [-0.2, -0.15) is 0 Å². The molecule has 2 unspecified atom stereocenters. The van der Waals surface area contributed by atoms with Crippen LogP contribution in [0.2, 0.25) is 0 Å². The lowest BCUT2D eigenvalue weighted by molar-refractivity contribution is 0.550. The molecule has 0 spiro atoms. The normalized spacial score (nSPS) is 18.7. The molecule has 10 rings (SSSR count). The van der Waals surface area contributed by atoms with E-state index in [-0.39, 0.29) is 11.5 Å². The third-order valence-corrected chi connectivity index (χ3v) is 10.6. The highest BCUT2D eigenvalue weighted by Gasteiger charge is 2.48. The second-order valence-electron chi connectivity index (χ2n) is 13.3. The Morgan fingerprint density at radius 1 is 0.532 bits per heavy atom. The SMILES string of the molecule is Cc1cccc(N2c3ccc(-n4c5ccccc5c5ccccc54)cc3C3(C)C=C(n4c5ccccc5c5ccccc54)C=CC23)c1. The number of rotatable bonds is 3. The fourth-order valence-corrected chi connectivity index (χ4v) is 8.49. The summed E-state index contributed by atoms with van der Waals surface area (Å²) in [4.78, 5) is 2.55. The maximum atomic E-state index is 2.55. The molecule has 1 aliphatic heterocycles. The third-order valence-electron chi connectivity index (χ3n) is 10.6. The molecule has 0 amide bonds. The number of hydrogen-bond donors (Lipinski definition) is 0. The molecule has 0 saturated carbocycles. The highest BCUT2D eigenvalue weighted by molar-refractivity contribution is 6.11. The van der Waals surface area contributed by atoms with Gasteiger partial charge in [-0.05, 0) is 91.7 Å². The zero-order valence-electron chi connectivity index (χ0n) is 26.4. The average molecular weight is 604 g/mol. The minimum absolute atomic E-state index is 0.129. The summed E-state index contributed by atoms with van der Waals surface area (Å²) in [6.07, 6.45) is 7.30. The fraction of sp³-hybridized carbons (Fsp3) is 0.0909. The number of para-hydroxylation sites is 4. The van der Waals surface area contributed by atoms with Crippen molar-refractivity contribution in [3.05, 3.63) is 169 Å². The molecular weight excluding hydrogens is 571 g/mol. The topological polar surface area (TPSA) is 13.1 Å². The van der Waals surface area contributed by atoms with E-state index in [0.717, 1.165) is 0 Å². The van der Waals surface area contributed by atoms with Crippen LogP contribution in [-0.2, 0) is 5.41 Å². The van der Waals surface area contributed by atoms with Crippen LogP contribution in [0.15, 0.2) is 158 Å². The van der Waals surface area contributed by atoms with Crippen LogP contribution in [0.3, 0.4) is 0 Å². The standard InChI is InChI=1S/C44H33N3/c1-29-12-11-13-30(26-29)47-42-24-22-31(45-38-18-7-3-14-33(38)34-15-4-8-19-39(34)45)27-37(42)44(2)28-32(23-25-43(44)47)46-40-20-9-5-16-35(40)36-17-6-10-21-41(36)46/h3-28,43H,1-2H3. The van der Waals surface area contributed by atoms with Crippen molar-refractivity contribution < 1.29 is 0 Å². The predicted octanol–water partition coefficient (Wildman–Crippen LogP) is 11.1. The minimum atomic E-state index is -0.287. The number of fused-ring (bicyclic) bond motifs is 9. The Labute approximate surface area is 273 Å². The first-order valence-corrected chi connectivity index (χ1v) is 16.5. The lowest BCUT2D eigenvalue weighted by Crippen LogP contribution is -2.40. The summed E-state index contributed by atoms with van der Waals surface area (Å²) in [5, 5.41) is 5.13. The summed E-state index contributed by atoms with van der Waals surface area (Å²) in [6, 6.07) is 51.3. The van der Waals surface area contributed by atoms with Crippen LogP contribution in [0, 0.1) is 6.92 Å². The van der Waals surface area contributed by atoms with E-state index in [0.29, 0.717) is 0 Å². The molecule has 0 saturated heterocycles. The Bertz CT molecular complexity index is 2520. The molecule has 2 aromatic heterocycles. The van der Waals surface area contributed by atoms with Gasteiger partial charge in [-0.1, -0.05) is 91.0 Å². The molecule has 1 aliphatic carbocycles. The smallest absolute Gasteiger partial charge is 0.0656 e. The van der Waals surface area contributed by atoms with E-state index in [2.05, 4.69) is 186 Å². The molecular formula is C44H33N3. The molecule has 0 bridgehead atoms. The highest BCUT2D eigenvalue weighted by atomic mass is 15.2. The number of allylic oxidation sites excluding steroid dienone is 2. The van der Waals surface area contributed by atoms with Gasteiger partial charge in [-0.15, -0.1) is 0 Å². The van der Waals surface area contributed by atoms with Gasteiger partial charge in [0.15, 0.2) is 0 Å². The highest BCUT2D eigenvalue weighted by Crippen LogP contribution is 2.53. The Balaban J connectivity index is 1.24. The molecule has 3 heterocycles. The van der Waals surface area contributed by atoms with E-state index in [9.17, 15) is 0 Å². The number of nitrogens with zero attached hydrogens (tertiary/aromatic N) is 3. The van der Waals surface area contributed by atoms with Crippen LogP contribution in [0.5, 0.6) is 0 Å². The molecule has 47 heavy (non-hydrogen) atoms. The van der Waals surface area contributed by atoms with Gasteiger partial charge in [0.05, 0.1) is 28.1 Å². The average Bonchev–Trinajstić information content (AvgIpc) is 3.71. The van der Waals surface area contributed by atoms with Gasteiger partial charge >= 0.3 is 0 Å². The molecule has 2 atom stereocenters. The molecule has 3 heteroatoms. The van der Waals surface area contributed by atoms with E-state index in [1.54, 1.807) is 0 Å². The largest absolute Gasteiger partial charge is 0.333 e. The Kier molecular flexibility index (Phi) is 5.40. The molecule has 0 radical (unpaired) electrons. The van der Waals surface area contributed by atoms with E-state index in [1.807, 2.05) is 0 Å². The summed E-state index contributed by atoms with van der Waals surface area (Å²) in [7, 11) is 0.